The van der Waals surface area contributed by atoms with Gasteiger partial charge < -0.3 is 28.6 Å². The Labute approximate surface area is 155 Å². The third-order valence-electron chi connectivity index (χ3n) is 3.83. The summed E-state index contributed by atoms with van der Waals surface area (Å²) < 4.78 is 38.3. The summed E-state index contributed by atoms with van der Waals surface area (Å²) in [5.41, 5.74) is 0. The molecule has 27 heavy (non-hydrogen) atoms. The molecule has 0 aromatic heterocycles. The summed E-state index contributed by atoms with van der Waals surface area (Å²) in [4.78, 5) is 45.7. The van der Waals surface area contributed by atoms with E-state index in [0.717, 1.165) is 34.8 Å². The molecule has 1 fully saturated rings. The molecular formula is C15H23O11P. The highest BCUT2D eigenvalue weighted by molar-refractivity contribution is 7.60. The van der Waals surface area contributed by atoms with E-state index in [1.807, 2.05) is 0 Å². The molecule has 0 amide bonds. The van der Waals surface area contributed by atoms with Crippen LogP contribution in [0.4, 0.5) is 0 Å². The molecule has 5 atom stereocenters. The van der Waals surface area contributed by atoms with Crippen molar-refractivity contribution in [3.05, 3.63) is 0 Å². The molecular weight excluding hydrogens is 387 g/mol. The van der Waals surface area contributed by atoms with Crippen molar-refractivity contribution in [2.75, 3.05) is 19.9 Å². The summed E-state index contributed by atoms with van der Waals surface area (Å²) in [6.45, 7) is 3.31. The van der Waals surface area contributed by atoms with Gasteiger partial charge in [-0.1, -0.05) is 0 Å². The highest BCUT2D eigenvalue weighted by Crippen LogP contribution is 2.63. The second-order valence-electron chi connectivity index (χ2n) is 5.95. The number of hydrogen-bond acceptors (Lipinski definition) is 11. The predicted octanol–water partition coefficient (Wildman–Crippen LogP) is -0.0287. The third kappa shape index (κ3) is 5.27. The Morgan fingerprint density at radius 3 is 1.89 bits per heavy atom. The van der Waals surface area contributed by atoms with Gasteiger partial charge in [-0.15, -0.1) is 0 Å². The maximum absolute atomic E-state index is 13.3. The van der Waals surface area contributed by atoms with E-state index >= 15 is 0 Å². The van der Waals surface area contributed by atoms with Crippen LogP contribution in [0.1, 0.15) is 27.7 Å². The normalized spacial score (nSPS) is 32.9. The fraction of sp³-hybridized carbons (Fsp3) is 0.733. The van der Waals surface area contributed by atoms with E-state index in [1.165, 1.54) is 0 Å². The summed E-state index contributed by atoms with van der Waals surface area (Å²) in [5, 5.41) is 8.58. The van der Waals surface area contributed by atoms with Crippen LogP contribution < -0.4 is 0 Å². The van der Waals surface area contributed by atoms with E-state index in [2.05, 4.69) is 0 Å². The van der Waals surface area contributed by atoms with Crippen LogP contribution in [0.15, 0.2) is 0 Å². The topological polar surface area (TPSA) is 152 Å². The number of ether oxygens (including phenoxy) is 4. The lowest BCUT2D eigenvalue weighted by atomic mass is 10.0. The van der Waals surface area contributed by atoms with Crippen molar-refractivity contribution >= 4 is 31.2 Å². The van der Waals surface area contributed by atoms with Gasteiger partial charge in [-0.2, -0.15) is 0 Å². The molecule has 1 aliphatic rings. The van der Waals surface area contributed by atoms with E-state index in [0.29, 0.717) is 0 Å². The molecule has 0 aromatic carbocycles. The number of esters is 4. The Bertz CT molecular complexity index is 660. The lowest BCUT2D eigenvalue weighted by molar-refractivity contribution is -0.205. The molecule has 1 unspecified atom stereocenters. The van der Waals surface area contributed by atoms with Gasteiger partial charge in [0.15, 0.2) is 18.3 Å². The Morgan fingerprint density at radius 2 is 1.48 bits per heavy atom. The lowest BCUT2D eigenvalue weighted by Crippen LogP contribution is -2.64. The van der Waals surface area contributed by atoms with Crippen LogP contribution in [0.5, 0.6) is 0 Å². The second-order valence-corrected chi connectivity index (χ2v) is 8.80. The first kappa shape index (κ1) is 23.1. The maximum Gasteiger partial charge on any atom is 0.303 e. The minimum absolute atomic E-state index is 0.559. The minimum atomic E-state index is -4.15. The van der Waals surface area contributed by atoms with Gasteiger partial charge in [-0.3, -0.25) is 23.7 Å². The third-order valence-corrected chi connectivity index (χ3v) is 6.82. The zero-order valence-electron chi connectivity index (χ0n) is 15.6. The van der Waals surface area contributed by atoms with Crippen molar-refractivity contribution in [3.8, 4) is 0 Å². The minimum Gasteiger partial charge on any atom is -0.462 e. The summed E-state index contributed by atoms with van der Waals surface area (Å²) >= 11 is 0. The van der Waals surface area contributed by atoms with Gasteiger partial charge in [0.1, 0.15) is 6.61 Å². The Hall–Kier alpha value is -1.97. The number of hydrogen-bond donors (Lipinski definition) is 1. The molecule has 12 heteroatoms. The van der Waals surface area contributed by atoms with E-state index in [9.17, 15) is 28.8 Å². The molecule has 0 spiro atoms. The van der Waals surface area contributed by atoms with Crippen molar-refractivity contribution in [2.24, 2.45) is 0 Å². The SMILES string of the molecule is COP1(=O)C[C@@H](OC(C)=O)[C@@H](OC(C)=O)[C@H](OC(C)=O)[C@@]1(O)COC(C)=O. The van der Waals surface area contributed by atoms with E-state index in [-0.39, 0.29) is 0 Å². The quantitative estimate of drug-likeness (QED) is 0.357. The summed E-state index contributed by atoms with van der Waals surface area (Å²) in [7, 11) is -3.12. The molecule has 1 heterocycles. The van der Waals surface area contributed by atoms with E-state index < -0.39 is 67.7 Å². The molecule has 0 saturated carbocycles. The van der Waals surface area contributed by atoms with Crippen LogP contribution in [-0.4, -0.2) is 72.5 Å². The number of aliphatic hydroxyl groups is 1. The van der Waals surface area contributed by atoms with Crippen LogP contribution in [-0.2, 0) is 47.2 Å². The molecule has 1 N–H and O–H groups in total. The van der Waals surface area contributed by atoms with Gasteiger partial charge in [0.05, 0.1) is 6.16 Å². The smallest absolute Gasteiger partial charge is 0.303 e. The van der Waals surface area contributed by atoms with Gasteiger partial charge in [0, 0.05) is 34.8 Å². The van der Waals surface area contributed by atoms with E-state index in [4.69, 9.17) is 23.5 Å². The van der Waals surface area contributed by atoms with Gasteiger partial charge in [0.25, 0.3) is 0 Å². The summed E-state index contributed by atoms with van der Waals surface area (Å²) in [6, 6.07) is 0. The van der Waals surface area contributed by atoms with Crippen LogP contribution in [0.25, 0.3) is 0 Å². The molecule has 1 rings (SSSR count). The Morgan fingerprint density at radius 1 is 0.963 bits per heavy atom. The number of carbonyl (C=O) groups excluding carboxylic acids is 4. The molecule has 0 aromatic rings. The average molecular weight is 410 g/mol. The summed E-state index contributed by atoms with van der Waals surface area (Å²) in [5.74, 6) is -3.34. The molecule has 1 aliphatic heterocycles. The van der Waals surface area contributed by atoms with Crippen LogP contribution in [0, 0.1) is 0 Å². The van der Waals surface area contributed by atoms with Crippen molar-refractivity contribution in [1.29, 1.82) is 0 Å². The second kappa shape index (κ2) is 8.81. The first-order valence-electron chi connectivity index (χ1n) is 7.88. The van der Waals surface area contributed by atoms with Crippen LogP contribution in [0.3, 0.4) is 0 Å². The average Bonchev–Trinajstić information content (AvgIpc) is 2.52. The number of rotatable bonds is 6. The lowest BCUT2D eigenvalue weighted by Gasteiger charge is -2.48. The van der Waals surface area contributed by atoms with Crippen LogP contribution in [0.2, 0.25) is 0 Å². The maximum atomic E-state index is 13.3. The zero-order valence-corrected chi connectivity index (χ0v) is 16.5. The van der Waals surface area contributed by atoms with Crippen LogP contribution >= 0.6 is 7.37 Å². The van der Waals surface area contributed by atoms with Crippen molar-refractivity contribution in [2.45, 2.75) is 51.3 Å². The van der Waals surface area contributed by atoms with Crippen molar-refractivity contribution in [1.82, 2.24) is 0 Å². The van der Waals surface area contributed by atoms with Gasteiger partial charge in [-0.25, -0.2) is 0 Å². The first-order chi connectivity index (χ1) is 12.4. The Kier molecular flexibility index (Phi) is 7.53. The largest absolute Gasteiger partial charge is 0.462 e. The number of carbonyl (C=O) groups is 4. The molecule has 154 valence electrons. The van der Waals surface area contributed by atoms with Crippen molar-refractivity contribution < 1.29 is 52.3 Å². The molecule has 1 saturated heterocycles. The molecule has 0 aliphatic carbocycles. The Balaban J connectivity index is 3.52. The predicted molar refractivity (Wildman–Crippen MR) is 87.7 cm³/mol. The van der Waals surface area contributed by atoms with Gasteiger partial charge in [-0.05, 0) is 0 Å². The highest BCUT2D eigenvalue weighted by Gasteiger charge is 2.66. The van der Waals surface area contributed by atoms with Gasteiger partial charge >= 0.3 is 23.9 Å². The first-order valence-corrected chi connectivity index (χ1v) is 9.69. The zero-order chi connectivity index (χ0) is 21.0. The van der Waals surface area contributed by atoms with Gasteiger partial charge in [0.2, 0.25) is 12.7 Å². The summed E-state index contributed by atoms with van der Waals surface area (Å²) in [6.07, 6.45) is -5.19. The fourth-order valence-corrected chi connectivity index (χ4v) is 5.14. The molecule has 11 nitrogen and oxygen atoms in total. The molecule has 0 radical (unpaired) electrons. The fourth-order valence-electron chi connectivity index (χ4n) is 2.76. The standard InChI is InChI=1S/C15H23O11P/c1-8(16)23-7-15(20)14(26-11(4)19)13(25-10(3)18)12(24-9(2)17)6-27(15,21)22-5/h12-14,20H,6-7H2,1-5H3/t12-,13-,14+,15-,27?/m1/s1. The van der Waals surface area contributed by atoms with E-state index in [1.54, 1.807) is 0 Å². The van der Waals surface area contributed by atoms with Crippen molar-refractivity contribution in [3.63, 3.8) is 0 Å². The molecule has 0 bridgehead atoms. The monoisotopic (exact) mass is 410 g/mol. The highest BCUT2D eigenvalue weighted by atomic mass is 31.2.